The van der Waals surface area contributed by atoms with E-state index in [1.807, 2.05) is 6.92 Å². The summed E-state index contributed by atoms with van der Waals surface area (Å²) in [5.74, 6) is -0.572. The van der Waals surface area contributed by atoms with Crippen molar-refractivity contribution >= 4 is 29.3 Å². The number of rotatable bonds is 3. The summed E-state index contributed by atoms with van der Waals surface area (Å²) in [6.07, 6.45) is 1.92. The molecule has 2 aliphatic rings. The van der Waals surface area contributed by atoms with Gasteiger partial charge in [0.2, 0.25) is 5.91 Å². The zero-order valence-electron chi connectivity index (χ0n) is 12.3. The van der Waals surface area contributed by atoms with Crippen molar-refractivity contribution in [3.8, 4) is 0 Å². The Labute approximate surface area is 133 Å². The van der Waals surface area contributed by atoms with Gasteiger partial charge in [0.1, 0.15) is 0 Å². The van der Waals surface area contributed by atoms with Crippen LogP contribution in [0, 0.1) is 0 Å². The summed E-state index contributed by atoms with van der Waals surface area (Å²) in [6, 6.07) is 4.64. The molecule has 1 unspecified atom stereocenters. The Balaban J connectivity index is 1.81. The van der Waals surface area contributed by atoms with Gasteiger partial charge in [0.25, 0.3) is 11.8 Å². The van der Waals surface area contributed by atoms with Gasteiger partial charge in [0.15, 0.2) is 0 Å². The molecule has 0 radical (unpaired) electrons. The lowest BCUT2D eigenvalue weighted by Gasteiger charge is -2.22. The van der Waals surface area contributed by atoms with Gasteiger partial charge in [0, 0.05) is 19.5 Å². The fraction of sp³-hybridized carbons (Fsp3) is 0.438. The first-order valence-corrected chi connectivity index (χ1v) is 7.86. The highest BCUT2D eigenvalue weighted by Crippen LogP contribution is 2.32. The number of hydrogen-bond donors (Lipinski definition) is 0. The maximum absolute atomic E-state index is 12.5. The van der Waals surface area contributed by atoms with Gasteiger partial charge in [-0.1, -0.05) is 24.6 Å². The number of benzene rings is 1. The molecule has 0 aromatic heterocycles. The van der Waals surface area contributed by atoms with Crippen LogP contribution in [-0.2, 0) is 4.79 Å². The monoisotopic (exact) mass is 320 g/mol. The largest absolute Gasteiger partial charge is 0.341 e. The van der Waals surface area contributed by atoms with Crippen LogP contribution in [0.15, 0.2) is 18.2 Å². The molecule has 116 valence electrons. The molecule has 0 spiro atoms. The molecule has 0 bridgehead atoms. The number of fused-ring (bicyclic) bond motifs is 1. The molecule has 0 N–H and O–H groups in total. The number of hydrogen-bond acceptors (Lipinski definition) is 3. The molecular formula is C16H17ClN2O3. The van der Waals surface area contributed by atoms with Crippen molar-refractivity contribution in [3.63, 3.8) is 0 Å². The van der Waals surface area contributed by atoms with E-state index in [0.29, 0.717) is 36.5 Å². The maximum Gasteiger partial charge on any atom is 0.263 e. The topological polar surface area (TPSA) is 57.7 Å². The number of carbonyl (C=O) groups excluding carboxylic acids is 3. The van der Waals surface area contributed by atoms with Gasteiger partial charge in [-0.2, -0.15) is 0 Å². The van der Waals surface area contributed by atoms with Gasteiger partial charge in [-0.3, -0.25) is 19.3 Å². The molecule has 2 heterocycles. The molecule has 22 heavy (non-hydrogen) atoms. The minimum absolute atomic E-state index is 0.0830. The van der Waals surface area contributed by atoms with Crippen LogP contribution in [0.4, 0.5) is 0 Å². The molecule has 1 aromatic rings. The molecule has 6 heteroatoms. The summed E-state index contributed by atoms with van der Waals surface area (Å²) in [5.41, 5.74) is 0.642. The van der Waals surface area contributed by atoms with Crippen molar-refractivity contribution in [1.82, 2.24) is 9.80 Å². The zero-order chi connectivity index (χ0) is 15.9. The van der Waals surface area contributed by atoms with Crippen molar-refractivity contribution < 1.29 is 14.4 Å². The average molecular weight is 321 g/mol. The maximum atomic E-state index is 12.5. The van der Waals surface area contributed by atoms with Gasteiger partial charge in [-0.05, 0) is 25.0 Å². The SMILES string of the molecule is CCCC(=O)N1CCC(N2C(=O)c3cccc(Cl)c3C2=O)C1. The zero-order valence-corrected chi connectivity index (χ0v) is 13.1. The Hall–Kier alpha value is -1.88. The molecule has 2 aliphatic heterocycles. The van der Waals surface area contributed by atoms with Gasteiger partial charge < -0.3 is 4.90 Å². The van der Waals surface area contributed by atoms with Crippen LogP contribution in [-0.4, -0.2) is 46.7 Å². The first-order chi connectivity index (χ1) is 10.5. The molecule has 3 rings (SSSR count). The van der Waals surface area contributed by atoms with Gasteiger partial charge in [-0.25, -0.2) is 0 Å². The van der Waals surface area contributed by atoms with Crippen LogP contribution in [0.25, 0.3) is 0 Å². The predicted octanol–water partition coefficient (Wildman–Crippen LogP) is 2.34. The van der Waals surface area contributed by atoms with Crippen molar-refractivity contribution in [1.29, 1.82) is 0 Å². The normalized spacial score (nSPS) is 20.7. The summed E-state index contributed by atoms with van der Waals surface area (Å²) in [7, 11) is 0. The van der Waals surface area contributed by atoms with Crippen molar-refractivity contribution in [3.05, 3.63) is 34.3 Å². The second-order valence-electron chi connectivity index (χ2n) is 5.67. The highest BCUT2D eigenvalue weighted by atomic mass is 35.5. The van der Waals surface area contributed by atoms with E-state index in [-0.39, 0.29) is 29.3 Å². The molecule has 0 saturated carbocycles. The predicted molar refractivity (Wildman–Crippen MR) is 81.8 cm³/mol. The van der Waals surface area contributed by atoms with Gasteiger partial charge in [-0.15, -0.1) is 0 Å². The van der Waals surface area contributed by atoms with E-state index in [4.69, 9.17) is 11.6 Å². The van der Waals surface area contributed by atoms with Crippen molar-refractivity contribution in [2.24, 2.45) is 0 Å². The summed E-state index contributed by atoms with van der Waals surface area (Å²) in [6.45, 7) is 2.96. The fourth-order valence-corrected chi connectivity index (χ4v) is 3.40. The molecule has 5 nitrogen and oxygen atoms in total. The number of halogens is 1. The van der Waals surface area contributed by atoms with Crippen LogP contribution >= 0.6 is 11.6 Å². The summed E-state index contributed by atoms with van der Waals surface area (Å²) in [5, 5.41) is 0.301. The smallest absolute Gasteiger partial charge is 0.263 e. The van der Waals surface area contributed by atoms with E-state index in [2.05, 4.69) is 0 Å². The third-order valence-corrected chi connectivity index (χ3v) is 4.56. The Morgan fingerprint density at radius 2 is 2.09 bits per heavy atom. The fourth-order valence-electron chi connectivity index (χ4n) is 3.14. The Morgan fingerprint density at radius 1 is 1.32 bits per heavy atom. The Bertz CT molecular complexity index is 659. The second kappa shape index (κ2) is 5.72. The van der Waals surface area contributed by atoms with E-state index < -0.39 is 0 Å². The lowest BCUT2D eigenvalue weighted by molar-refractivity contribution is -0.130. The first kappa shape index (κ1) is 15.0. The van der Waals surface area contributed by atoms with Crippen LogP contribution in [0.3, 0.4) is 0 Å². The molecule has 1 fully saturated rings. The molecule has 1 aromatic carbocycles. The summed E-state index contributed by atoms with van der Waals surface area (Å²) < 4.78 is 0. The van der Waals surface area contributed by atoms with Crippen LogP contribution < -0.4 is 0 Å². The number of nitrogens with zero attached hydrogens (tertiary/aromatic N) is 2. The van der Waals surface area contributed by atoms with Gasteiger partial charge >= 0.3 is 0 Å². The third-order valence-electron chi connectivity index (χ3n) is 4.24. The van der Waals surface area contributed by atoms with E-state index in [9.17, 15) is 14.4 Å². The quantitative estimate of drug-likeness (QED) is 0.803. The first-order valence-electron chi connectivity index (χ1n) is 7.48. The molecule has 1 atom stereocenters. The highest BCUT2D eigenvalue weighted by molar-refractivity contribution is 6.37. The lowest BCUT2D eigenvalue weighted by Crippen LogP contribution is -2.42. The molecule has 0 aliphatic carbocycles. The van der Waals surface area contributed by atoms with E-state index in [1.165, 1.54) is 4.90 Å². The van der Waals surface area contributed by atoms with Crippen LogP contribution in [0.1, 0.15) is 46.9 Å². The van der Waals surface area contributed by atoms with E-state index in [1.54, 1.807) is 23.1 Å². The third kappa shape index (κ3) is 2.29. The van der Waals surface area contributed by atoms with Crippen LogP contribution in [0.5, 0.6) is 0 Å². The van der Waals surface area contributed by atoms with Gasteiger partial charge in [0.05, 0.1) is 22.2 Å². The standard InChI is InChI=1S/C16H17ClN2O3/c1-2-4-13(20)18-8-7-10(9-18)19-15(21)11-5-3-6-12(17)14(11)16(19)22/h3,5-6,10H,2,4,7-9H2,1H3. The highest BCUT2D eigenvalue weighted by Gasteiger charge is 2.43. The van der Waals surface area contributed by atoms with E-state index in [0.717, 1.165) is 6.42 Å². The molecule has 1 saturated heterocycles. The number of imide groups is 1. The number of carbonyl (C=O) groups is 3. The Morgan fingerprint density at radius 3 is 2.77 bits per heavy atom. The molecular weight excluding hydrogens is 304 g/mol. The summed E-state index contributed by atoms with van der Waals surface area (Å²) >= 11 is 6.06. The number of amides is 3. The number of likely N-dealkylation sites (tertiary alicyclic amines) is 1. The van der Waals surface area contributed by atoms with E-state index >= 15 is 0 Å². The minimum atomic E-state index is -0.347. The average Bonchev–Trinajstić information content (AvgIpc) is 3.05. The second-order valence-corrected chi connectivity index (χ2v) is 6.08. The summed E-state index contributed by atoms with van der Waals surface area (Å²) in [4.78, 5) is 40.0. The van der Waals surface area contributed by atoms with Crippen molar-refractivity contribution in [2.45, 2.75) is 32.2 Å². The van der Waals surface area contributed by atoms with Crippen molar-refractivity contribution in [2.75, 3.05) is 13.1 Å². The van der Waals surface area contributed by atoms with Crippen LogP contribution in [0.2, 0.25) is 5.02 Å². The molecule has 3 amide bonds. The Kier molecular flexibility index (Phi) is 3.91. The minimum Gasteiger partial charge on any atom is -0.341 e. The lowest BCUT2D eigenvalue weighted by atomic mass is 10.1.